The normalized spacial score (nSPS) is 11.9. The smallest absolute Gasteiger partial charge is 0.191 e. The fourth-order valence-electron chi connectivity index (χ4n) is 1.51. The minimum atomic E-state index is -0.616. The molecule has 1 rings (SSSR count). The van der Waals surface area contributed by atoms with Crippen molar-refractivity contribution < 1.29 is 19.7 Å². The van der Waals surface area contributed by atoms with Crippen LogP contribution in [0.15, 0.2) is 30.9 Å². The van der Waals surface area contributed by atoms with Gasteiger partial charge in [0.05, 0.1) is 11.7 Å². The molecule has 0 aliphatic rings. The first-order valence-corrected chi connectivity index (χ1v) is 5.77. The number of carbonyl (C=O) groups excluding carboxylic acids is 1. The van der Waals surface area contributed by atoms with Crippen molar-refractivity contribution in [1.29, 1.82) is 0 Å². The van der Waals surface area contributed by atoms with Gasteiger partial charge >= 0.3 is 0 Å². The van der Waals surface area contributed by atoms with Crippen LogP contribution in [0.3, 0.4) is 0 Å². The zero-order chi connectivity index (χ0) is 13.5. The summed E-state index contributed by atoms with van der Waals surface area (Å²) in [6.07, 6.45) is 1.76. The molecule has 1 unspecified atom stereocenters. The quantitative estimate of drug-likeness (QED) is 0.566. The van der Waals surface area contributed by atoms with Crippen LogP contribution in [-0.2, 0) is 6.42 Å². The Kier molecular flexibility index (Phi) is 5.55. The van der Waals surface area contributed by atoms with Crippen LogP contribution < -0.4 is 4.74 Å². The predicted molar refractivity (Wildman–Crippen MR) is 68.9 cm³/mol. The zero-order valence-corrected chi connectivity index (χ0v) is 10.4. The molecule has 98 valence electrons. The molecule has 18 heavy (non-hydrogen) atoms. The monoisotopic (exact) mass is 250 g/mol. The SMILES string of the molecule is C=CCc1ccc(OCC(C)O)c(C(=O)CO)c1. The molecule has 0 bridgehead atoms. The molecule has 2 N–H and O–H groups in total. The van der Waals surface area contributed by atoms with Crippen LogP contribution >= 0.6 is 0 Å². The number of carbonyl (C=O) groups is 1. The Labute approximate surface area is 107 Å². The topological polar surface area (TPSA) is 66.8 Å². The van der Waals surface area contributed by atoms with Crippen molar-refractivity contribution in [3.05, 3.63) is 42.0 Å². The van der Waals surface area contributed by atoms with Gasteiger partial charge in [0, 0.05) is 0 Å². The lowest BCUT2D eigenvalue weighted by molar-refractivity contribution is 0.0890. The molecule has 1 aromatic rings. The number of aliphatic hydroxyl groups excluding tert-OH is 2. The number of hydrogen-bond acceptors (Lipinski definition) is 4. The fourth-order valence-corrected chi connectivity index (χ4v) is 1.51. The highest BCUT2D eigenvalue weighted by Crippen LogP contribution is 2.21. The number of hydrogen-bond donors (Lipinski definition) is 2. The largest absolute Gasteiger partial charge is 0.490 e. The molecule has 1 aromatic carbocycles. The number of ether oxygens (including phenoxy) is 1. The highest BCUT2D eigenvalue weighted by molar-refractivity contribution is 5.99. The number of aliphatic hydroxyl groups is 2. The van der Waals surface area contributed by atoms with E-state index in [2.05, 4.69) is 6.58 Å². The third-order valence-corrected chi connectivity index (χ3v) is 2.35. The highest BCUT2D eigenvalue weighted by atomic mass is 16.5. The molecular formula is C14H18O4. The molecule has 0 fully saturated rings. The summed E-state index contributed by atoms with van der Waals surface area (Å²) >= 11 is 0. The van der Waals surface area contributed by atoms with E-state index >= 15 is 0 Å². The molecule has 0 spiro atoms. The molecule has 0 aliphatic heterocycles. The molecule has 0 saturated heterocycles. The number of Topliss-reactive ketones (excluding diaryl/α,β-unsaturated/α-hetero) is 1. The summed E-state index contributed by atoms with van der Waals surface area (Å²) in [7, 11) is 0. The first-order valence-electron chi connectivity index (χ1n) is 5.77. The minimum absolute atomic E-state index is 0.104. The molecule has 0 saturated carbocycles. The lowest BCUT2D eigenvalue weighted by Gasteiger charge is -2.12. The van der Waals surface area contributed by atoms with Crippen molar-refractivity contribution >= 4 is 5.78 Å². The van der Waals surface area contributed by atoms with Crippen LogP contribution in [0.2, 0.25) is 0 Å². The number of allylic oxidation sites excluding steroid dienone is 1. The van der Waals surface area contributed by atoms with Gasteiger partial charge < -0.3 is 14.9 Å². The van der Waals surface area contributed by atoms with E-state index in [1.165, 1.54) is 0 Å². The van der Waals surface area contributed by atoms with Crippen molar-refractivity contribution in [3.63, 3.8) is 0 Å². The van der Waals surface area contributed by atoms with Gasteiger partial charge in [0.2, 0.25) is 0 Å². The van der Waals surface area contributed by atoms with E-state index in [0.717, 1.165) is 5.56 Å². The van der Waals surface area contributed by atoms with Crippen LogP contribution in [0, 0.1) is 0 Å². The van der Waals surface area contributed by atoms with Gasteiger partial charge in [-0.15, -0.1) is 6.58 Å². The Balaban J connectivity index is 3.00. The van der Waals surface area contributed by atoms with E-state index < -0.39 is 18.5 Å². The summed E-state index contributed by atoms with van der Waals surface area (Å²) in [4.78, 5) is 11.6. The van der Waals surface area contributed by atoms with Gasteiger partial charge in [0.1, 0.15) is 19.0 Å². The Hall–Kier alpha value is -1.65. The van der Waals surface area contributed by atoms with Crippen LogP contribution in [0.4, 0.5) is 0 Å². The van der Waals surface area contributed by atoms with E-state index in [9.17, 15) is 4.79 Å². The molecule has 0 radical (unpaired) electrons. The Morgan fingerprint density at radius 3 is 2.83 bits per heavy atom. The zero-order valence-electron chi connectivity index (χ0n) is 10.4. The fraction of sp³-hybridized carbons (Fsp3) is 0.357. The summed E-state index contributed by atoms with van der Waals surface area (Å²) in [5.74, 6) is -0.0238. The molecule has 4 nitrogen and oxygen atoms in total. The van der Waals surface area contributed by atoms with E-state index in [4.69, 9.17) is 14.9 Å². The Morgan fingerprint density at radius 1 is 1.56 bits per heavy atom. The summed E-state index contributed by atoms with van der Waals surface area (Å²) in [5, 5.41) is 18.1. The molecule has 0 heterocycles. The van der Waals surface area contributed by atoms with Crippen LogP contribution in [0.5, 0.6) is 5.75 Å². The van der Waals surface area contributed by atoms with Gasteiger partial charge in [-0.2, -0.15) is 0 Å². The third kappa shape index (κ3) is 3.98. The van der Waals surface area contributed by atoms with Gasteiger partial charge in [0.15, 0.2) is 5.78 Å². The average Bonchev–Trinajstić information content (AvgIpc) is 2.36. The Morgan fingerprint density at radius 2 is 2.28 bits per heavy atom. The van der Waals surface area contributed by atoms with Crippen molar-refractivity contribution in [2.75, 3.05) is 13.2 Å². The van der Waals surface area contributed by atoms with E-state index in [-0.39, 0.29) is 6.61 Å². The van der Waals surface area contributed by atoms with E-state index in [1.807, 2.05) is 6.07 Å². The lowest BCUT2D eigenvalue weighted by Crippen LogP contribution is -2.15. The number of ketones is 1. The number of rotatable bonds is 7. The molecular weight excluding hydrogens is 232 g/mol. The van der Waals surface area contributed by atoms with E-state index in [1.54, 1.807) is 25.1 Å². The van der Waals surface area contributed by atoms with Crippen molar-refractivity contribution in [3.8, 4) is 5.75 Å². The Bertz CT molecular complexity index is 424. The molecule has 4 heteroatoms. The average molecular weight is 250 g/mol. The van der Waals surface area contributed by atoms with Gasteiger partial charge in [-0.25, -0.2) is 0 Å². The molecule has 0 aliphatic carbocycles. The minimum Gasteiger partial charge on any atom is -0.490 e. The predicted octanol–water partition coefficient (Wildman–Crippen LogP) is 1.35. The first kappa shape index (κ1) is 14.4. The molecule has 1 atom stereocenters. The maximum Gasteiger partial charge on any atom is 0.191 e. The summed E-state index contributed by atoms with van der Waals surface area (Å²) in [6, 6.07) is 5.18. The standard InChI is InChI=1S/C14H18O4/c1-3-4-11-5-6-14(18-9-10(2)16)12(7-11)13(17)8-15/h3,5-7,10,15-16H,1,4,8-9H2,2H3. The maximum absolute atomic E-state index is 11.6. The van der Waals surface area contributed by atoms with Crippen molar-refractivity contribution in [1.82, 2.24) is 0 Å². The second-order valence-corrected chi connectivity index (χ2v) is 4.06. The lowest BCUT2D eigenvalue weighted by atomic mass is 10.0. The van der Waals surface area contributed by atoms with Gasteiger partial charge in [0.25, 0.3) is 0 Å². The molecule has 0 aromatic heterocycles. The third-order valence-electron chi connectivity index (χ3n) is 2.35. The van der Waals surface area contributed by atoms with Gasteiger partial charge in [-0.05, 0) is 31.0 Å². The molecule has 0 amide bonds. The summed E-state index contributed by atoms with van der Waals surface area (Å²) in [6.45, 7) is 4.77. The second-order valence-electron chi connectivity index (χ2n) is 4.06. The second kappa shape index (κ2) is 6.93. The summed E-state index contributed by atoms with van der Waals surface area (Å²) < 4.78 is 5.35. The van der Waals surface area contributed by atoms with Crippen LogP contribution in [0.25, 0.3) is 0 Å². The van der Waals surface area contributed by atoms with Gasteiger partial charge in [-0.3, -0.25) is 4.79 Å². The highest BCUT2D eigenvalue weighted by Gasteiger charge is 2.13. The first-order chi connectivity index (χ1) is 8.58. The van der Waals surface area contributed by atoms with Crippen molar-refractivity contribution in [2.45, 2.75) is 19.4 Å². The van der Waals surface area contributed by atoms with Crippen molar-refractivity contribution in [2.24, 2.45) is 0 Å². The van der Waals surface area contributed by atoms with Crippen LogP contribution in [0.1, 0.15) is 22.8 Å². The maximum atomic E-state index is 11.6. The van der Waals surface area contributed by atoms with Crippen LogP contribution in [-0.4, -0.2) is 35.3 Å². The number of benzene rings is 1. The van der Waals surface area contributed by atoms with E-state index in [0.29, 0.717) is 17.7 Å². The van der Waals surface area contributed by atoms with Gasteiger partial charge in [-0.1, -0.05) is 12.1 Å². The summed E-state index contributed by atoms with van der Waals surface area (Å²) in [5.41, 5.74) is 1.25.